The Balaban J connectivity index is 2.45. The van der Waals surface area contributed by atoms with E-state index in [0.29, 0.717) is 30.9 Å². The van der Waals surface area contributed by atoms with Crippen LogP contribution in [-0.4, -0.2) is 68.6 Å². The van der Waals surface area contributed by atoms with Crippen LogP contribution in [0.4, 0.5) is 14.5 Å². The first-order chi connectivity index (χ1) is 13.9. The number of methoxy groups -OCH3 is 1. The second-order valence-electron chi connectivity index (χ2n) is 7.36. The Kier molecular flexibility index (Phi) is 8.98. The van der Waals surface area contributed by atoms with Crippen LogP contribution in [0.1, 0.15) is 38.2 Å². The average Bonchev–Trinajstić information content (AvgIpc) is 2.69. The molecule has 0 saturated heterocycles. The maximum atomic E-state index is 14.1. The van der Waals surface area contributed by atoms with Gasteiger partial charge in [-0.15, -0.1) is 0 Å². The van der Waals surface area contributed by atoms with Gasteiger partial charge in [-0.25, -0.2) is 8.78 Å². The summed E-state index contributed by atoms with van der Waals surface area (Å²) in [4.78, 5) is 30.6. The molecule has 0 atom stereocenters. The molecule has 1 heterocycles. The predicted octanol–water partition coefficient (Wildman–Crippen LogP) is 2.80. The van der Waals surface area contributed by atoms with Crippen molar-refractivity contribution in [2.24, 2.45) is 0 Å². The van der Waals surface area contributed by atoms with E-state index >= 15 is 0 Å². The summed E-state index contributed by atoms with van der Waals surface area (Å²) in [5.41, 5.74) is 0.772. The number of hydrogen-bond acceptors (Lipinski definition) is 4. The summed E-state index contributed by atoms with van der Waals surface area (Å²) < 4.78 is 33.1. The highest BCUT2D eigenvalue weighted by atomic mass is 19.2. The lowest BCUT2D eigenvalue weighted by Gasteiger charge is -2.31. The SMILES string of the molecule is CCC(=O)N1CCCN(C)CCCN(C(=O)CCOC)Cc2cc(F)c(F)cc21. The van der Waals surface area contributed by atoms with Crippen LogP contribution in [0.5, 0.6) is 0 Å². The normalized spacial score (nSPS) is 16.7. The van der Waals surface area contributed by atoms with Gasteiger partial charge in [-0.3, -0.25) is 9.59 Å². The van der Waals surface area contributed by atoms with Crippen molar-refractivity contribution in [2.75, 3.05) is 51.8 Å². The smallest absolute Gasteiger partial charge is 0.226 e. The Bertz CT molecular complexity index is 715. The van der Waals surface area contributed by atoms with E-state index in [1.807, 2.05) is 7.05 Å². The van der Waals surface area contributed by atoms with Crippen LogP contribution in [0, 0.1) is 11.6 Å². The number of nitrogens with zero attached hydrogens (tertiary/aromatic N) is 3. The monoisotopic (exact) mass is 411 g/mol. The van der Waals surface area contributed by atoms with E-state index in [1.165, 1.54) is 12.0 Å². The molecule has 0 unspecified atom stereocenters. The molecule has 0 saturated carbocycles. The van der Waals surface area contributed by atoms with Crippen molar-refractivity contribution < 1.29 is 23.1 Å². The van der Waals surface area contributed by atoms with Crippen molar-refractivity contribution in [1.82, 2.24) is 9.80 Å². The first kappa shape index (κ1) is 23.2. The molecule has 0 aliphatic carbocycles. The van der Waals surface area contributed by atoms with Gasteiger partial charge in [0.25, 0.3) is 0 Å². The van der Waals surface area contributed by atoms with Gasteiger partial charge in [0.15, 0.2) is 11.6 Å². The molecular formula is C21H31F2N3O3. The number of benzene rings is 1. The molecule has 6 nitrogen and oxygen atoms in total. The van der Waals surface area contributed by atoms with Crippen LogP contribution in [0.2, 0.25) is 0 Å². The Labute approximate surface area is 171 Å². The summed E-state index contributed by atoms with van der Waals surface area (Å²) in [6.07, 6.45) is 1.96. The first-order valence-corrected chi connectivity index (χ1v) is 10.1. The molecule has 0 N–H and O–H groups in total. The Morgan fingerprint density at radius 3 is 2.34 bits per heavy atom. The Morgan fingerprint density at radius 2 is 1.69 bits per heavy atom. The molecule has 8 heteroatoms. The molecule has 0 radical (unpaired) electrons. The van der Waals surface area contributed by atoms with Gasteiger partial charge in [0.05, 0.1) is 18.7 Å². The first-order valence-electron chi connectivity index (χ1n) is 10.1. The van der Waals surface area contributed by atoms with E-state index in [-0.39, 0.29) is 31.2 Å². The summed E-state index contributed by atoms with van der Waals surface area (Å²) in [6, 6.07) is 2.18. The molecule has 0 bridgehead atoms. The number of fused-ring (bicyclic) bond motifs is 1. The lowest BCUT2D eigenvalue weighted by Crippen LogP contribution is -2.38. The molecule has 1 aromatic rings. The third-order valence-electron chi connectivity index (χ3n) is 5.14. The topological polar surface area (TPSA) is 53.1 Å². The molecule has 1 aliphatic heterocycles. The largest absolute Gasteiger partial charge is 0.384 e. The highest BCUT2D eigenvalue weighted by Gasteiger charge is 2.24. The molecule has 0 fully saturated rings. The van der Waals surface area contributed by atoms with E-state index in [1.54, 1.807) is 11.8 Å². The number of amides is 2. The van der Waals surface area contributed by atoms with Crippen molar-refractivity contribution in [3.8, 4) is 0 Å². The number of anilines is 1. The number of carbonyl (C=O) groups is 2. The molecule has 0 spiro atoms. The standard InChI is InChI=1S/C21H31F2N3O3/c1-4-20(27)26-11-6-9-24(2)8-5-10-25(21(28)7-12-29-3)15-16-13-17(22)18(23)14-19(16)26/h13-14H,4-12,15H2,1-3H3. The van der Waals surface area contributed by atoms with Crippen molar-refractivity contribution in [3.63, 3.8) is 0 Å². The highest BCUT2D eigenvalue weighted by Crippen LogP contribution is 2.27. The lowest BCUT2D eigenvalue weighted by molar-refractivity contribution is -0.132. The highest BCUT2D eigenvalue weighted by molar-refractivity contribution is 5.94. The molecule has 29 heavy (non-hydrogen) atoms. The Morgan fingerprint density at radius 1 is 1.03 bits per heavy atom. The summed E-state index contributed by atoms with van der Waals surface area (Å²) in [5, 5.41) is 0. The molecule has 1 aliphatic rings. The number of ether oxygens (including phenoxy) is 1. The predicted molar refractivity (Wildman–Crippen MR) is 108 cm³/mol. The van der Waals surface area contributed by atoms with Crippen molar-refractivity contribution in [1.29, 1.82) is 0 Å². The van der Waals surface area contributed by atoms with Gasteiger partial charge in [-0.05, 0) is 44.6 Å². The second kappa shape index (κ2) is 11.2. The van der Waals surface area contributed by atoms with Crippen LogP contribution < -0.4 is 4.90 Å². The molecule has 2 rings (SSSR count). The van der Waals surface area contributed by atoms with Gasteiger partial charge in [0.2, 0.25) is 11.8 Å². The molecule has 0 aromatic heterocycles. The fourth-order valence-electron chi connectivity index (χ4n) is 3.51. The second-order valence-corrected chi connectivity index (χ2v) is 7.36. The van der Waals surface area contributed by atoms with Gasteiger partial charge in [-0.1, -0.05) is 6.92 Å². The average molecular weight is 411 g/mol. The maximum absolute atomic E-state index is 14.1. The van der Waals surface area contributed by atoms with E-state index in [4.69, 9.17) is 4.74 Å². The van der Waals surface area contributed by atoms with E-state index in [2.05, 4.69) is 4.90 Å². The van der Waals surface area contributed by atoms with Crippen molar-refractivity contribution in [3.05, 3.63) is 29.3 Å². The zero-order valence-electron chi connectivity index (χ0n) is 17.5. The molecule has 1 aromatic carbocycles. The van der Waals surface area contributed by atoms with Crippen LogP contribution >= 0.6 is 0 Å². The number of hydrogen-bond donors (Lipinski definition) is 0. The zero-order chi connectivity index (χ0) is 21.4. The zero-order valence-corrected chi connectivity index (χ0v) is 17.5. The van der Waals surface area contributed by atoms with Crippen LogP contribution in [0.3, 0.4) is 0 Å². The van der Waals surface area contributed by atoms with Gasteiger partial charge < -0.3 is 19.4 Å². The minimum atomic E-state index is -1.00. The fourth-order valence-corrected chi connectivity index (χ4v) is 3.51. The van der Waals surface area contributed by atoms with Gasteiger partial charge in [0, 0.05) is 39.2 Å². The number of halogens is 2. The van der Waals surface area contributed by atoms with Crippen LogP contribution in [0.25, 0.3) is 0 Å². The van der Waals surface area contributed by atoms with Crippen molar-refractivity contribution >= 4 is 17.5 Å². The number of rotatable bonds is 4. The number of carbonyl (C=O) groups excluding carboxylic acids is 2. The summed E-state index contributed by atoms with van der Waals surface area (Å²) >= 11 is 0. The molecule has 162 valence electrons. The maximum Gasteiger partial charge on any atom is 0.226 e. The van der Waals surface area contributed by atoms with Crippen molar-refractivity contribution in [2.45, 2.75) is 39.2 Å². The third-order valence-corrected chi connectivity index (χ3v) is 5.14. The molecular weight excluding hydrogens is 380 g/mol. The summed E-state index contributed by atoms with van der Waals surface area (Å²) in [5.74, 6) is -2.26. The van der Waals surface area contributed by atoms with Gasteiger partial charge >= 0.3 is 0 Å². The quantitative estimate of drug-likeness (QED) is 0.765. The minimum Gasteiger partial charge on any atom is -0.384 e. The van der Waals surface area contributed by atoms with Crippen LogP contribution in [0.15, 0.2) is 12.1 Å². The van der Waals surface area contributed by atoms with Crippen LogP contribution in [-0.2, 0) is 20.9 Å². The fraction of sp³-hybridized carbons (Fsp3) is 0.619. The van der Waals surface area contributed by atoms with E-state index < -0.39 is 11.6 Å². The molecule has 2 amide bonds. The summed E-state index contributed by atoms with van der Waals surface area (Å²) in [7, 11) is 3.53. The van der Waals surface area contributed by atoms with E-state index in [0.717, 1.165) is 38.1 Å². The Hall–Kier alpha value is -2.06. The van der Waals surface area contributed by atoms with Gasteiger partial charge in [-0.2, -0.15) is 0 Å². The minimum absolute atomic E-state index is 0.115. The third kappa shape index (κ3) is 6.47. The van der Waals surface area contributed by atoms with Gasteiger partial charge in [0.1, 0.15) is 0 Å². The van der Waals surface area contributed by atoms with E-state index in [9.17, 15) is 18.4 Å². The lowest BCUT2D eigenvalue weighted by atomic mass is 10.1. The summed E-state index contributed by atoms with van der Waals surface area (Å²) in [6.45, 7) is 4.63.